The van der Waals surface area contributed by atoms with Gasteiger partial charge >= 0.3 is 0 Å². The highest BCUT2D eigenvalue weighted by Crippen LogP contribution is 2.35. The van der Waals surface area contributed by atoms with Gasteiger partial charge in [-0.1, -0.05) is 127 Å². The molecule has 0 aliphatic heterocycles. The summed E-state index contributed by atoms with van der Waals surface area (Å²) >= 11 is 0. The van der Waals surface area contributed by atoms with E-state index >= 15 is 0 Å². The molecule has 36 heavy (non-hydrogen) atoms. The summed E-state index contributed by atoms with van der Waals surface area (Å²) in [4.78, 5) is 0. The van der Waals surface area contributed by atoms with Crippen LogP contribution in [0, 0.1) is 23.7 Å². The molecule has 0 unspecified atom stereocenters. The number of rotatable bonds is 13. The zero-order valence-electron chi connectivity index (χ0n) is 23.4. The van der Waals surface area contributed by atoms with Crippen LogP contribution in [0.4, 0.5) is 0 Å². The molecule has 0 radical (unpaired) electrons. The molecular weight excluding hydrogens is 436 g/mol. The lowest BCUT2D eigenvalue weighted by Gasteiger charge is -2.28. The van der Waals surface area contributed by atoms with Crippen molar-refractivity contribution >= 4 is 0 Å². The van der Waals surface area contributed by atoms with Crippen LogP contribution >= 0.6 is 0 Å². The fourth-order valence-corrected chi connectivity index (χ4v) is 6.97. The van der Waals surface area contributed by atoms with E-state index in [1.807, 2.05) is 0 Å². The summed E-state index contributed by atoms with van der Waals surface area (Å²) in [6.45, 7) is 5.51. The van der Waals surface area contributed by atoms with Crippen LogP contribution in [0.3, 0.4) is 0 Å². The smallest absolute Gasteiger partial charge is 0.119 e. The van der Waals surface area contributed by atoms with Gasteiger partial charge < -0.3 is 4.74 Å². The summed E-state index contributed by atoms with van der Waals surface area (Å²) < 4.78 is 6.08. The average molecular weight is 489 g/mol. The van der Waals surface area contributed by atoms with E-state index < -0.39 is 0 Å². The topological polar surface area (TPSA) is 9.23 Å². The maximum atomic E-state index is 6.08. The predicted octanol–water partition coefficient (Wildman–Crippen LogP) is 10.7. The van der Waals surface area contributed by atoms with E-state index in [1.54, 1.807) is 0 Å². The van der Waals surface area contributed by atoms with Crippen molar-refractivity contribution < 1.29 is 4.74 Å². The van der Waals surface area contributed by atoms with E-state index in [9.17, 15) is 0 Å². The van der Waals surface area contributed by atoms with Gasteiger partial charge in [-0.2, -0.15) is 0 Å². The van der Waals surface area contributed by atoms with E-state index in [-0.39, 0.29) is 0 Å². The van der Waals surface area contributed by atoms with Crippen molar-refractivity contribution in [2.45, 2.75) is 117 Å². The number of benzene rings is 2. The normalized spacial score (nSPS) is 24.5. The van der Waals surface area contributed by atoms with Gasteiger partial charge in [-0.3, -0.25) is 0 Å². The van der Waals surface area contributed by atoms with Crippen LogP contribution < -0.4 is 4.74 Å². The number of hydrogen-bond acceptors (Lipinski definition) is 1. The first-order valence-electron chi connectivity index (χ1n) is 15.6. The Morgan fingerprint density at radius 2 is 1.00 bits per heavy atom. The molecule has 2 saturated carbocycles. The van der Waals surface area contributed by atoms with Gasteiger partial charge in [0, 0.05) is 0 Å². The summed E-state index contributed by atoms with van der Waals surface area (Å²) in [7, 11) is 0. The highest BCUT2D eigenvalue weighted by molar-refractivity contribution is 5.64. The first kappa shape index (κ1) is 27.3. The Kier molecular flexibility index (Phi) is 11.3. The van der Waals surface area contributed by atoms with Gasteiger partial charge in [0.2, 0.25) is 0 Å². The third-order valence-electron chi connectivity index (χ3n) is 9.33. The zero-order chi connectivity index (χ0) is 25.0. The Hall–Kier alpha value is -1.76. The van der Waals surface area contributed by atoms with Crippen LogP contribution in [-0.2, 0) is 6.42 Å². The summed E-state index contributed by atoms with van der Waals surface area (Å²) in [6, 6.07) is 18.0. The minimum Gasteiger partial charge on any atom is -0.494 e. The molecule has 1 heteroatoms. The average Bonchev–Trinajstić information content (AvgIpc) is 2.93. The molecule has 0 N–H and O–H groups in total. The Bertz CT molecular complexity index is 835. The van der Waals surface area contributed by atoms with E-state index in [0.29, 0.717) is 0 Å². The quantitative estimate of drug-likeness (QED) is 0.255. The maximum Gasteiger partial charge on any atom is 0.119 e. The van der Waals surface area contributed by atoms with Crippen molar-refractivity contribution in [2.75, 3.05) is 6.61 Å². The van der Waals surface area contributed by atoms with Crippen molar-refractivity contribution in [2.24, 2.45) is 23.7 Å². The predicted molar refractivity (Wildman–Crippen MR) is 156 cm³/mol. The van der Waals surface area contributed by atoms with Gasteiger partial charge in [-0.15, -0.1) is 0 Å². The van der Waals surface area contributed by atoms with Crippen molar-refractivity contribution in [3.63, 3.8) is 0 Å². The van der Waals surface area contributed by atoms with Gasteiger partial charge in [0.25, 0.3) is 0 Å². The fraction of sp³-hybridized carbons (Fsp3) is 0.657. The van der Waals surface area contributed by atoms with Crippen molar-refractivity contribution in [3.05, 3.63) is 54.1 Å². The van der Waals surface area contributed by atoms with E-state index in [2.05, 4.69) is 62.4 Å². The summed E-state index contributed by atoms with van der Waals surface area (Å²) in [5, 5.41) is 0. The molecule has 2 fully saturated rings. The Balaban J connectivity index is 1.13. The Morgan fingerprint density at radius 3 is 1.50 bits per heavy atom. The van der Waals surface area contributed by atoms with Crippen LogP contribution in [0.25, 0.3) is 11.1 Å². The third-order valence-corrected chi connectivity index (χ3v) is 9.33. The first-order chi connectivity index (χ1) is 17.7. The molecule has 0 aromatic heterocycles. The van der Waals surface area contributed by atoms with Gasteiger partial charge in [-0.25, -0.2) is 0 Å². The standard InChI is InChI=1S/C35H52O/c1-3-6-28-9-13-30(14-10-28)8-5-27-36-35-25-23-34(24-26-35)33-21-19-32(20-22-33)18-17-31-15-11-29(7-4-2)12-16-31/h19-26,28-31H,3-18,27H2,1-2H3. The van der Waals surface area contributed by atoms with Gasteiger partial charge in [-0.05, 0) is 78.2 Å². The molecule has 0 atom stereocenters. The minimum absolute atomic E-state index is 0.850. The molecule has 2 aliphatic rings. The molecule has 2 aromatic rings. The fourth-order valence-electron chi connectivity index (χ4n) is 6.97. The highest BCUT2D eigenvalue weighted by Gasteiger charge is 2.21. The largest absolute Gasteiger partial charge is 0.494 e. The monoisotopic (exact) mass is 488 g/mol. The molecule has 0 bridgehead atoms. The number of aryl methyl sites for hydroxylation is 1. The summed E-state index contributed by atoms with van der Waals surface area (Å²) in [6.07, 6.45) is 22.4. The van der Waals surface area contributed by atoms with Crippen LogP contribution in [-0.4, -0.2) is 6.61 Å². The van der Waals surface area contributed by atoms with Crippen LogP contribution in [0.5, 0.6) is 5.75 Å². The Labute approximate surface area is 222 Å². The molecule has 4 rings (SSSR count). The van der Waals surface area contributed by atoms with Crippen molar-refractivity contribution in [3.8, 4) is 16.9 Å². The summed E-state index contributed by atoms with van der Waals surface area (Å²) in [5.74, 6) is 4.93. The third kappa shape index (κ3) is 8.67. The second-order valence-corrected chi connectivity index (χ2v) is 12.1. The molecule has 198 valence electrons. The van der Waals surface area contributed by atoms with Crippen LogP contribution in [0.1, 0.15) is 116 Å². The molecule has 2 aromatic carbocycles. The number of ether oxygens (including phenoxy) is 1. The molecule has 0 spiro atoms. The Morgan fingerprint density at radius 1 is 0.556 bits per heavy atom. The van der Waals surface area contributed by atoms with E-state index in [4.69, 9.17) is 4.74 Å². The van der Waals surface area contributed by atoms with Gasteiger partial charge in [0.1, 0.15) is 5.75 Å². The lowest BCUT2D eigenvalue weighted by atomic mass is 9.78. The zero-order valence-corrected chi connectivity index (χ0v) is 23.4. The van der Waals surface area contributed by atoms with Crippen molar-refractivity contribution in [1.82, 2.24) is 0 Å². The second kappa shape index (κ2) is 14.8. The van der Waals surface area contributed by atoms with Crippen LogP contribution in [0.2, 0.25) is 0 Å². The maximum absolute atomic E-state index is 6.08. The lowest BCUT2D eigenvalue weighted by Crippen LogP contribution is -2.15. The molecule has 0 heterocycles. The number of hydrogen-bond donors (Lipinski definition) is 0. The van der Waals surface area contributed by atoms with Crippen molar-refractivity contribution in [1.29, 1.82) is 0 Å². The van der Waals surface area contributed by atoms with E-state index in [1.165, 1.54) is 119 Å². The van der Waals surface area contributed by atoms with Crippen LogP contribution in [0.15, 0.2) is 48.5 Å². The minimum atomic E-state index is 0.850. The molecule has 2 aliphatic carbocycles. The molecule has 1 nitrogen and oxygen atoms in total. The van der Waals surface area contributed by atoms with Gasteiger partial charge in [0.15, 0.2) is 0 Å². The molecule has 0 amide bonds. The lowest BCUT2D eigenvalue weighted by molar-refractivity contribution is 0.230. The molecular formula is C35H52O. The molecule has 0 saturated heterocycles. The van der Waals surface area contributed by atoms with E-state index in [0.717, 1.165) is 36.0 Å². The first-order valence-corrected chi connectivity index (χ1v) is 15.6. The second-order valence-electron chi connectivity index (χ2n) is 12.1. The summed E-state index contributed by atoms with van der Waals surface area (Å²) in [5.41, 5.74) is 4.09. The highest BCUT2D eigenvalue weighted by atomic mass is 16.5. The van der Waals surface area contributed by atoms with Gasteiger partial charge in [0.05, 0.1) is 6.61 Å². The SMILES string of the molecule is CCCC1CCC(CCCOc2ccc(-c3ccc(CCC4CCC(CCC)CC4)cc3)cc2)CC1.